The quantitative estimate of drug-likeness (QED) is 0.778. The highest BCUT2D eigenvalue weighted by molar-refractivity contribution is 9.10. The summed E-state index contributed by atoms with van der Waals surface area (Å²) >= 11 is 2.13. The number of nitrogens with one attached hydrogen (secondary N) is 1. The second-order valence-electron chi connectivity index (χ2n) is 5.59. The summed E-state index contributed by atoms with van der Waals surface area (Å²) in [7, 11) is 1.67. The molecular formula is C13H21BrN2O3S. The SMILES string of the molecule is Cn1cc(Br)c(C(CCO)N[S+]([O-])C(C)(C)C)cc1=O. The highest BCUT2D eigenvalue weighted by atomic mass is 79.9. The minimum Gasteiger partial charge on any atom is -0.598 e. The molecule has 2 atom stereocenters. The van der Waals surface area contributed by atoms with E-state index in [1.54, 1.807) is 13.2 Å². The average molecular weight is 365 g/mol. The molecule has 0 aliphatic heterocycles. The Morgan fingerprint density at radius 3 is 2.65 bits per heavy atom. The van der Waals surface area contributed by atoms with Crippen molar-refractivity contribution in [2.45, 2.75) is 38.0 Å². The van der Waals surface area contributed by atoms with Gasteiger partial charge in [0.25, 0.3) is 5.56 Å². The molecule has 114 valence electrons. The van der Waals surface area contributed by atoms with Crippen molar-refractivity contribution in [3.05, 3.63) is 32.7 Å². The highest BCUT2D eigenvalue weighted by Gasteiger charge is 2.30. The van der Waals surface area contributed by atoms with Crippen LogP contribution >= 0.6 is 15.9 Å². The number of halogens is 1. The molecule has 20 heavy (non-hydrogen) atoms. The molecule has 0 saturated carbocycles. The largest absolute Gasteiger partial charge is 0.598 e. The Labute approximate surface area is 130 Å². The summed E-state index contributed by atoms with van der Waals surface area (Å²) in [6, 6.07) is 1.15. The van der Waals surface area contributed by atoms with Crippen LogP contribution in [0.3, 0.4) is 0 Å². The number of aliphatic hydroxyl groups is 1. The number of rotatable bonds is 5. The Balaban J connectivity index is 3.08. The second kappa shape index (κ2) is 7.09. The van der Waals surface area contributed by atoms with Crippen molar-refractivity contribution in [2.24, 2.45) is 7.05 Å². The second-order valence-corrected chi connectivity index (χ2v) is 8.44. The molecule has 2 unspecified atom stereocenters. The van der Waals surface area contributed by atoms with Gasteiger partial charge in [-0.05, 0) is 48.7 Å². The lowest BCUT2D eigenvalue weighted by Crippen LogP contribution is -2.41. The van der Waals surface area contributed by atoms with Crippen LogP contribution in [0.4, 0.5) is 0 Å². The Kier molecular flexibility index (Phi) is 6.27. The maximum absolute atomic E-state index is 12.2. The number of aliphatic hydroxyl groups excluding tert-OH is 1. The minimum atomic E-state index is -1.28. The van der Waals surface area contributed by atoms with Crippen molar-refractivity contribution in [1.82, 2.24) is 9.29 Å². The van der Waals surface area contributed by atoms with Crippen LogP contribution in [0, 0.1) is 0 Å². The number of aromatic nitrogens is 1. The third-order valence-electron chi connectivity index (χ3n) is 2.81. The van der Waals surface area contributed by atoms with Crippen molar-refractivity contribution >= 4 is 27.3 Å². The first-order valence-corrected chi connectivity index (χ1v) is 8.26. The maximum atomic E-state index is 12.2. The zero-order valence-corrected chi connectivity index (χ0v) is 14.5. The summed E-state index contributed by atoms with van der Waals surface area (Å²) in [6.45, 7) is 5.54. The molecule has 2 N–H and O–H groups in total. The van der Waals surface area contributed by atoms with Crippen molar-refractivity contribution in [3.63, 3.8) is 0 Å². The van der Waals surface area contributed by atoms with E-state index < -0.39 is 16.1 Å². The van der Waals surface area contributed by atoms with E-state index in [2.05, 4.69) is 20.7 Å². The summed E-state index contributed by atoms with van der Waals surface area (Å²) in [5.74, 6) is 0. The fourth-order valence-electron chi connectivity index (χ4n) is 1.59. The number of hydrogen-bond acceptors (Lipinski definition) is 4. The van der Waals surface area contributed by atoms with Crippen LogP contribution in [-0.2, 0) is 18.4 Å². The highest BCUT2D eigenvalue weighted by Crippen LogP contribution is 2.26. The predicted molar refractivity (Wildman–Crippen MR) is 84.9 cm³/mol. The molecule has 0 aliphatic carbocycles. The first kappa shape index (κ1) is 17.7. The third kappa shape index (κ3) is 4.60. The molecule has 0 amide bonds. The van der Waals surface area contributed by atoms with Gasteiger partial charge in [-0.2, -0.15) is 0 Å². The molecule has 5 nitrogen and oxygen atoms in total. The Morgan fingerprint density at radius 1 is 1.55 bits per heavy atom. The van der Waals surface area contributed by atoms with Gasteiger partial charge in [0, 0.05) is 41.8 Å². The third-order valence-corrected chi connectivity index (χ3v) is 5.08. The maximum Gasteiger partial charge on any atom is 0.250 e. The van der Waals surface area contributed by atoms with E-state index in [1.165, 1.54) is 10.6 Å². The minimum absolute atomic E-state index is 0.0549. The summed E-state index contributed by atoms with van der Waals surface area (Å²) in [5, 5.41) is 9.19. The van der Waals surface area contributed by atoms with E-state index in [9.17, 15) is 14.5 Å². The van der Waals surface area contributed by atoms with Gasteiger partial charge in [-0.15, -0.1) is 4.72 Å². The smallest absolute Gasteiger partial charge is 0.250 e. The first-order valence-electron chi connectivity index (χ1n) is 6.31. The molecule has 1 aromatic rings. The van der Waals surface area contributed by atoms with Crippen LogP contribution in [0.25, 0.3) is 0 Å². The van der Waals surface area contributed by atoms with Crippen LogP contribution in [-0.4, -0.2) is 25.6 Å². The molecule has 1 aromatic heterocycles. The molecule has 0 bridgehead atoms. The molecule has 0 aromatic carbocycles. The first-order chi connectivity index (χ1) is 9.16. The van der Waals surface area contributed by atoms with E-state index in [1.807, 2.05) is 20.8 Å². The van der Waals surface area contributed by atoms with Gasteiger partial charge >= 0.3 is 0 Å². The average Bonchev–Trinajstić information content (AvgIpc) is 2.32. The summed E-state index contributed by atoms with van der Waals surface area (Å²) in [6.07, 6.45) is 2.05. The number of hydrogen-bond donors (Lipinski definition) is 2. The van der Waals surface area contributed by atoms with Gasteiger partial charge in [-0.3, -0.25) is 4.79 Å². The van der Waals surface area contributed by atoms with E-state index in [0.29, 0.717) is 12.0 Å². The standard InChI is InChI=1S/C13H21BrN2O3S/c1-13(2,3)20(19)15-11(5-6-17)9-7-12(18)16(4)8-10(9)14/h7-8,11,15,17H,5-6H2,1-4H3. The fourth-order valence-corrected chi connectivity index (χ4v) is 3.15. The van der Waals surface area contributed by atoms with Crippen molar-refractivity contribution in [2.75, 3.05) is 6.61 Å². The van der Waals surface area contributed by atoms with Gasteiger partial charge in [0.2, 0.25) is 0 Å². The van der Waals surface area contributed by atoms with Crippen molar-refractivity contribution in [3.8, 4) is 0 Å². The van der Waals surface area contributed by atoms with Gasteiger partial charge in [0.05, 0.1) is 6.04 Å². The summed E-state index contributed by atoms with van der Waals surface area (Å²) in [4.78, 5) is 11.8. The zero-order valence-electron chi connectivity index (χ0n) is 12.1. The van der Waals surface area contributed by atoms with Gasteiger partial charge in [0.15, 0.2) is 0 Å². The van der Waals surface area contributed by atoms with Crippen LogP contribution in [0.5, 0.6) is 0 Å². The summed E-state index contributed by atoms with van der Waals surface area (Å²) < 4.78 is 17.0. The van der Waals surface area contributed by atoms with Gasteiger partial charge in [-0.1, -0.05) is 0 Å². The van der Waals surface area contributed by atoms with Crippen LogP contribution in [0.1, 0.15) is 38.8 Å². The molecule has 1 heterocycles. The molecule has 0 aliphatic rings. The van der Waals surface area contributed by atoms with E-state index in [0.717, 1.165) is 4.47 Å². The molecule has 0 fully saturated rings. The zero-order chi connectivity index (χ0) is 15.5. The number of pyridine rings is 1. The monoisotopic (exact) mass is 364 g/mol. The van der Waals surface area contributed by atoms with Crippen LogP contribution in [0.2, 0.25) is 0 Å². The molecule has 0 saturated heterocycles. The molecular weight excluding hydrogens is 344 g/mol. The van der Waals surface area contributed by atoms with E-state index in [4.69, 9.17) is 0 Å². The van der Waals surface area contributed by atoms with Crippen molar-refractivity contribution in [1.29, 1.82) is 0 Å². The van der Waals surface area contributed by atoms with Crippen LogP contribution in [0.15, 0.2) is 21.5 Å². The molecule has 7 heteroatoms. The lowest BCUT2D eigenvalue weighted by molar-refractivity contribution is 0.272. The Morgan fingerprint density at radius 2 is 2.15 bits per heavy atom. The molecule has 1 rings (SSSR count). The lowest BCUT2D eigenvalue weighted by Gasteiger charge is -2.28. The van der Waals surface area contributed by atoms with Gasteiger partial charge in [-0.25, -0.2) is 0 Å². The summed E-state index contributed by atoms with van der Waals surface area (Å²) in [5.41, 5.74) is 0.564. The van der Waals surface area contributed by atoms with Gasteiger partial charge < -0.3 is 14.2 Å². The van der Waals surface area contributed by atoms with E-state index in [-0.39, 0.29) is 18.2 Å². The van der Waals surface area contributed by atoms with E-state index >= 15 is 0 Å². The van der Waals surface area contributed by atoms with Crippen molar-refractivity contribution < 1.29 is 9.66 Å². The predicted octanol–water partition coefficient (Wildman–Crippen LogP) is 1.62. The lowest BCUT2D eigenvalue weighted by atomic mass is 10.1. The Bertz CT molecular complexity index is 513. The molecule has 0 spiro atoms. The van der Waals surface area contributed by atoms with Gasteiger partial charge in [0.1, 0.15) is 4.75 Å². The topological polar surface area (TPSA) is 77.3 Å². The van der Waals surface area contributed by atoms with Crippen LogP contribution < -0.4 is 10.3 Å². The fraction of sp³-hybridized carbons (Fsp3) is 0.615. The number of aryl methyl sites for hydroxylation is 1. The Hall–Kier alpha value is -0.340. The molecule has 0 radical (unpaired) electrons. The number of nitrogens with zero attached hydrogens (tertiary/aromatic N) is 1. The normalized spacial score (nSPS) is 15.2.